The Balaban J connectivity index is 0.00000264. The Hall–Kier alpha value is -1.09. The molecule has 0 aliphatic carbocycles. The minimum Gasteiger partial charge on any atom is -0.357 e. The number of hydrogen-bond acceptors (Lipinski definition) is 3. The Morgan fingerprint density at radius 3 is 2.70 bits per heavy atom. The largest absolute Gasteiger partial charge is 0.357 e. The number of hydrogen-bond donors (Lipinski definition) is 1. The van der Waals surface area contributed by atoms with Crippen molar-refractivity contribution in [3.05, 3.63) is 39.6 Å². The molecule has 7 heteroatoms. The second kappa shape index (κ2) is 9.27. The monoisotopic (exact) mass is 447 g/mol. The fraction of sp³-hybridized carbons (Fsp3) is 0.500. The summed E-state index contributed by atoms with van der Waals surface area (Å²) in [6.07, 6.45) is 2.07. The average molecular weight is 447 g/mol. The zero-order valence-electron chi connectivity index (χ0n) is 14.5. The van der Waals surface area contributed by atoms with Crippen LogP contribution in [0.4, 0.5) is 0 Å². The van der Waals surface area contributed by atoms with Gasteiger partial charge in [0.1, 0.15) is 0 Å². The predicted molar refractivity (Wildman–Crippen MR) is 109 cm³/mol. The van der Waals surface area contributed by atoms with Crippen LogP contribution in [0.2, 0.25) is 0 Å². The van der Waals surface area contributed by atoms with E-state index in [0.29, 0.717) is 6.54 Å². The van der Waals surface area contributed by atoms with Crippen molar-refractivity contribution in [2.45, 2.75) is 33.9 Å². The Morgan fingerprint density at radius 1 is 1.43 bits per heavy atom. The topological polar surface area (TPSA) is 45.5 Å². The molecule has 0 fully saturated rings. The third-order valence-electron chi connectivity index (χ3n) is 3.52. The highest BCUT2D eigenvalue weighted by molar-refractivity contribution is 14.0. The fourth-order valence-corrected chi connectivity index (χ4v) is 3.18. The standard InChI is InChI=1S/C16H25N5S.HI/c1-6-17-16(18-10-15-12(2)19-13(3)22-15)21(5)11-14-8-7-9-20(14)4;/h7-9H,6,10-11H2,1-5H3,(H,17,18);1H. The van der Waals surface area contributed by atoms with Crippen molar-refractivity contribution < 1.29 is 0 Å². The summed E-state index contributed by atoms with van der Waals surface area (Å²) in [6.45, 7) is 8.55. The average Bonchev–Trinajstić information content (AvgIpc) is 3.00. The van der Waals surface area contributed by atoms with E-state index in [4.69, 9.17) is 4.99 Å². The first-order valence-corrected chi connectivity index (χ1v) is 8.35. The molecule has 1 N–H and O–H groups in total. The maximum atomic E-state index is 4.76. The Labute approximate surface area is 159 Å². The summed E-state index contributed by atoms with van der Waals surface area (Å²) in [4.78, 5) is 12.6. The van der Waals surface area contributed by atoms with Crippen LogP contribution in [0.15, 0.2) is 23.3 Å². The smallest absolute Gasteiger partial charge is 0.194 e. The second-order valence-electron chi connectivity index (χ2n) is 5.38. The maximum absolute atomic E-state index is 4.76. The van der Waals surface area contributed by atoms with Crippen molar-refractivity contribution in [3.8, 4) is 0 Å². The van der Waals surface area contributed by atoms with Gasteiger partial charge in [-0.1, -0.05) is 0 Å². The van der Waals surface area contributed by atoms with Gasteiger partial charge >= 0.3 is 0 Å². The molecule has 2 aromatic heterocycles. The lowest BCUT2D eigenvalue weighted by Crippen LogP contribution is -2.38. The van der Waals surface area contributed by atoms with E-state index >= 15 is 0 Å². The molecule has 0 aliphatic heterocycles. The van der Waals surface area contributed by atoms with Crippen LogP contribution in [0.25, 0.3) is 0 Å². The minimum absolute atomic E-state index is 0. The molecule has 128 valence electrons. The summed E-state index contributed by atoms with van der Waals surface area (Å²) >= 11 is 1.73. The Kier molecular flexibility index (Phi) is 8.04. The van der Waals surface area contributed by atoms with Crippen LogP contribution in [0, 0.1) is 13.8 Å². The first-order valence-electron chi connectivity index (χ1n) is 7.53. The van der Waals surface area contributed by atoms with Gasteiger partial charge in [0.05, 0.1) is 23.8 Å². The summed E-state index contributed by atoms with van der Waals surface area (Å²) < 4.78 is 2.14. The van der Waals surface area contributed by atoms with Crippen LogP contribution in [0.5, 0.6) is 0 Å². The molecule has 0 aromatic carbocycles. The van der Waals surface area contributed by atoms with Crippen molar-refractivity contribution in [2.24, 2.45) is 12.0 Å². The molecule has 0 bridgehead atoms. The third kappa shape index (κ3) is 5.49. The number of rotatable bonds is 5. The molecular formula is C16H26IN5S. The van der Waals surface area contributed by atoms with E-state index in [1.54, 1.807) is 11.3 Å². The van der Waals surface area contributed by atoms with Gasteiger partial charge in [0.15, 0.2) is 5.96 Å². The summed E-state index contributed by atoms with van der Waals surface area (Å²) in [7, 11) is 4.13. The summed E-state index contributed by atoms with van der Waals surface area (Å²) in [6, 6.07) is 4.20. The van der Waals surface area contributed by atoms with Crippen LogP contribution >= 0.6 is 35.3 Å². The predicted octanol–water partition coefficient (Wildman–Crippen LogP) is 3.31. The maximum Gasteiger partial charge on any atom is 0.194 e. The Bertz CT molecular complexity index is 647. The number of aliphatic imine (C=N–C) groups is 1. The number of aryl methyl sites for hydroxylation is 3. The van der Waals surface area contributed by atoms with E-state index in [9.17, 15) is 0 Å². The molecule has 0 saturated heterocycles. The third-order valence-corrected chi connectivity index (χ3v) is 4.58. The van der Waals surface area contributed by atoms with E-state index in [1.807, 2.05) is 6.92 Å². The first kappa shape index (κ1) is 20.0. The number of halogens is 1. The molecule has 0 amide bonds. The molecule has 0 radical (unpaired) electrons. The van der Waals surface area contributed by atoms with Crippen molar-refractivity contribution in [1.82, 2.24) is 19.8 Å². The number of aromatic nitrogens is 2. The van der Waals surface area contributed by atoms with Gasteiger partial charge in [-0.15, -0.1) is 35.3 Å². The number of nitrogens with one attached hydrogen (secondary N) is 1. The normalized spacial score (nSPS) is 11.3. The highest BCUT2D eigenvalue weighted by atomic mass is 127. The van der Waals surface area contributed by atoms with Crippen LogP contribution in [0.1, 0.15) is 28.2 Å². The van der Waals surface area contributed by atoms with Gasteiger partial charge in [-0.2, -0.15) is 0 Å². The van der Waals surface area contributed by atoms with E-state index in [2.05, 4.69) is 66.0 Å². The molecule has 5 nitrogen and oxygen atoms in total. The molecule has 2 aromatic rings. The van der Waals surface area contributed by atoms with Gasteiger partial charge < -0.3 is 14.8 Å². The summed E-state index contributed by atoms with van der Waals surface area (Å²) in [5.74, 6) is 0.925. The molecule has 0 spiro atoms. The SMILES string of the molecule is CCNC(=NCc1sc(C)nc1C)N(C)Cc1cccn1C.I. The van der Waals surface area contributed by atoms with Gasteiger partial charge in [0, 0.05) is 37.4 Å². The molecule has 2 heterocycles. The minimum atomic E-state index is 0. The molecule has 0 saturated carbocycles. The van der Waals surface area contributed by atoms with Gasteiger partial charge in [0.2, 0.25) is 0 Å². The lowest BCUT2D eigenvalue weighted by atomic mass is 10.4. The van der Waals surface area contributed by atoms with Crippen molar-refractivity contribution in [3.63, 3.8) is 0 Å². The highest BCUT2D eigenvalue weighted by Crippen LogP contribution is 2.18. The summed E-state index contributed by atoms with van der Waals surface area (Å²) in [5, 5.41) is 4.46. The second-order valence-corrected chi connectivity index (χ2v) is 6.67. The van der Waals surface area contributed by atoms with Crippen molar-refractivity contribution in [1.29, 1.82) is 0 Å². The molecule has 0 atom stereocenters. The van der Waals surface area contributed by atoms with Gasteiger partial charge in [-0.05, 0) is 32.9 Å². The molecule has 0 aliphatic rings. The first-order chi connectivity index (χ1) is 10.5. The zero-order valence-corrected chi connectivity index (χ0v) is 17.6. The van der Waals surface area contributed by atoms with E-state index in [0.717, 1.165) is 29.8 Å². The van der Waals surface area contributed by atoms with Crippen LogP contribution < -0.4 is 5.32 Å². The van der Waals surface area contributed by atoms with Gasteiger partial charge in [0.25, 0.3) is 0 Å². The van der Waals surface area contributed by atoms with Crippen LogP contribution in [-0.2, 0) is 20.1 Å². The lowest BCUT2D eigenvalue weighted by Gasteiger charge is -2.22. The van der Waals surface area contributed by atoms with E-state index in [-0.39, 0.29) is 24.0 Å². The zero-order chi connectivity index (χ0) is 16.1. The fourth-order valence-electron chi connectivity index (χ4n) is 2.32. The van der Waals surface area contributed by atoms with E-state index < -0.39 is 0 Å². The van der Waals surface area contributed by atoms with Crippen LogP contribution in [0.3, 0.4) is 0 Å². The Morgan fingerprint density at radius 2 is 2.17 bits per heavy atom. The number of guanidine groups is 1. The van der Waals surface area contributed by atoms with Crippen molar-refractivity contribution in [2.75, 3.05) is 13.6 Å². The van der Waals surface area contributed by atoms with Crippen LogP contribution in [-0.4, -0.2) is 34.0 Å². The summed E-state index contributed by atoms with van der Waals surface area (Å²) in [5.41, 5.74) is 2.35. The van der Waals surface area contributed by atoms with Gasteiger partial charge in [-0.25, -0.2) is 9.98 Å². The number of thiazole rings is 1. The van der Waals surface area contributed by atoms with Gasteiger partial charge in [-0.3, -0.25) is 0 Å². The molecule has 0 unspecified atom stereocenters. The van der Waals surface area contributed by atoms with Crippen molar-refractivity contribution >= 4 is 41.3 Å². The molecule has 23 heavy (non-hydrogen) atoms. The quantitative estimate of drug-likeness (QED) is 0.435. The highest BCUT2D eigenvalue weighted by Gasteiger charge is 2.09. The molecule has 2 rings (SSSR count). The van der Waals surface area contributed by atoms with E-state index in [1.165, 1.54) is 10.6 Å². The lowest BCUT2D eigenvalue weighted by molar-refractivity contribution is 0.462. The number of nitrogens with zero attached hydrogens (tertiary/aromatic N) is 4. The molecular weight excluding hydrogens is 421 g/mol.